The third-order valence-electron chi connectivity index (χ3n) is 3.71. The minimum Gasteiger partial charge on any atom is -0.448 e. The zero-order valence-corrected chi connectivity index (χ0v) is 16.7. The fourth-order valence-electron chi connectivity index (χ4n) is 2.30. The first-order chi connectivity index (χ1) is 12.6. The van der Waals surface area contributed by atoms with Gasteiger partial charge in [-0.25, -0.2) is 9.59 Å². The van der Waals surface area contributed by atoms with Crippen LogP contribution in [-0.4, -0.2) is 36.7 Å². The monoisotopic (exact) mass is 395 g/mol. The number of hydrogen-bond donors (Lipinski definition) is 2. The van der Waals surface area contributed by atoms with E-state index in [1.54, 1.807) is 27.6 Å². The molecule has 2 heterocycles. The van der Waals surface area contributed by atoms with Crippen LogP contribution in [0.4, 0.5) is 9.59 Å². The van der Waals surface area contributed by atoms with E-state index in [1.165, 1.54) is 0 Å². The number of carbonyl (C=O) groups is 2. The predicted octanol–water partition coefficient (Wildman–Crippen LogP) is 4.22. The zero-order chi connectivity index (χ0) is 18.8. The fourth-order valence-corrected chi connectivity index (χ4v) is 3.80. The van der Waals surface area contributed by atoms with Crippen LogP contribution in [0.15, 0.2) is 35.0 Å². The molecule has 1 atom stereocenters. The lowest BCUT2D eigenvalue weighted by molar-refractivity contribution is 0.0874. The van der Waals surface area contributed by atoms with Gasteiger partial charge in [0.05, 0.1) is 19.1 Å². The quantitative estimate of drug-likeness (QED) is 0.625. The fraction of sp³-hybridized carbons (Fsp3) is 0.444. The number of amides is 3. The molecule has 2 aromatic heterocycles. The maximum absolute atomic E-state index is 12.6. The molecule has 3 amide bonds. The molecule has 0 radical (unpaired) electrons. The molecule has 0 aliphatic carbocycles. The molecular weight excluding hydrogens is 370 g/mol. The summed E-state index contributed by atoms with van der Waals surface area (Å²) in [6, 6.07) is 7.65. The van der Waals surface area contributed by atoms with Gasteiger partial charge in [-0.15, -0.1) is 22.7 Å². The molecule has 8 heteroatoms. The SMILES string of the molecule is CCCNC(=O)NCCOC(=O)N(Cc1cccs1)C(C)c1cccs1. The molecule has 26 heavy (non-hydrogen) atoms. The molecule has 0 fully saturated rings. The van der Waals surface area contributed by atoms with Gasteiger partial charge in [0.1, 0.15) is 6.61 Å². The maximum atomic E-state index is 12.6. The van der Waals surface area contributed by atoms with Crippen LogP contribution in [0, 0.1) is 0 Å². The van der Waals surface area contributed by atoms with Crippen molar-refractivity contribution in [2.24, 2.45) is 0 Å². The lowest BCUT2D eigenvalue weighted by atomic mass is 10.2. The first-order valence-corrected chi connectivity index (χ1v) is 10.4. The molecule has 0 saturated carbocycles. The molecule has 0 bridgehead atoms. The van der Waals surface area contributed by atoms with Gasteiger partial charge in [-0.3, -0.25) is 4.90 Å². The van der Waals surface area contributed by atoms with E-state index in [4.69, 9.17) is 4.74 Å². The van der Waals surface area contributed by atoms with E-state index in [0.717, 1.165) is 16.2 Å². The molecule has 0 aliphatic heterocycles. The molecule has 0 spiro atoms. The van der Waals surface area contributed by atoms with Crippen molar-refractivity contribution in [2.75, 3.05) is 19.7 Å². The molecule has 0 saturated heterocycles. The number of urea groups is 1. The third-order valence-corrected chi connectivity index (χ3v) is 5.62. The van der Waals surface area contributed by atoms with Crippen LogP contribution in [0.25, 0.3) is 0 Å². The third kappa shape index (κ3) is 6.34. The van der Waals surface area contributed by atoms with Gasteiger partial charge in [0.25, 0.3) is 0 Å². The lowest BCUT2D eigenvalue weighted by Gasteiger charge is -2.27. The van der Waals surface area contributed by atoms with Gasteiger partial charge in [-0.2, -0.15) is 0 Å². The summed E-state index contributed by atoms with van der Waals surface area (Å²) < 4.78 is 5.38. The summed E-state index contributed by atoms with van der Waals surface area (Å²) in [6.07, 6.45) is 0.496. The molecule has 6 nitrogen and oxygen atoms in total. The Hall–Kier alpha value is -2.06. The molecule has 1 unspecified atom stereocenters. The van der Waals surface area contributed by atoms with Crippen LogP contribution in [0.3, 0.4) is 0 Å². The Kier molecular flexibility index (Phi) is 8.43. The summed E-state index contributed by atoms with van der Waals surface area (Å²) in [5.74, 6) is 0. The second kappa shape index (κ2) is 10.8. The summed E-state index contributed by atoms with van der Waals surface area (Å²) >= 11 is 3.23. The van der Waals surface area contributed by atoms with Crippen molar-refractivity contribution < 1.29 is 14.3 Å². The summed E-state index contributed by atoms with van der Waals surface area (Å²) in [5.41, 5.74) is 0. The van der Waals surface area contributed by atoms with Gasteiger partial charge < -0.3 is 15.4 Å². The Balaban J connectivity index is 1.88. The van der Waals surface area contributed by atoms with Crippen molar-refractivity contribution >= 4 is 34.8 Å². The van der Waals surface area contributed by atoms with E-state index in [2.05, 4.69) is 10.6 Å². The minimum absolute atomic E-state index is 0.0783. The number of hydrogen-bond acceptors (Lipinski definition) is 5. The van der Waals surface area contributed by atoms with Crippen LogP contribution in [0.5, 0.6) is 0 Å². The Morgan fingerprint density at radius 2 is 1.88 bits per heavy atom. The Morgan fingerprint density at radius 1 is 1.15 bits per heavy atom. The predicted molar refractivity (Wildman–Crippen MR) is 106 cm³/mol. The van der Waals surface area contributed by atoms with Gasteiger partial charge in [0.15, 0.2) is 0 Å². The summed E-state index contributed by atoms with van der Waals surface area (Å²) in [6.45, 7) is 5.52. The number of ether oxygens (including phenoxy) is 1. The molecule has 142 valence electrons. The zero-order valence-electron chi connectivity index (χ0n) is 15.1. The Labute approximate surface area is 162 Å². The number of nitrogens with one attached hydrogen (secondary N) is 2. The van der Waals surface area contributed by atoms with Crippen LogP contribution in [0.2, 0.25) is 0 Å². The molecule has 2 N–H and O–H groups in total. The topological polar surface area (TPSA) is 70.7 Å². The summed E-state index contributed by atoms with van der Waals surface area (Å²) in [4.78, 5) is 28.0. The van der Waals surface area contributed by atoms with Gasteiger partial charge in [-0.05, 0) is 36.2 Å². The van der Waals surface area contributed by atoms with Crippen LogP contribution < -0.4 is 10.6 Å². The molecular formula is C18H25N3O3S2. The van der Waals surface area contributed by atoms with E-state index >= 15 is 0 Å². The first-order valence-electron chi connectivity index (χ1n) is 8.62. The van der Waals surface area contributed by atoms with Gasteiger partial charge in [-0.1, -0.05) is 19.1 Å². The highest BCUT2D eigenvalue weighted by atomic mass is 32.1. The van der Waals surface area contributed by atoms with Gasteiger partial charge in [0.2, 0.25) is 0 Å². The average Bonchev–Trinajstić information content (AvgIpc) is 3.34. The molecule has 0 aliphatic rings. The van der Waals surface area contributed by atoms with Crippen molar-refractivity contribution in [2.45, 2.75) is 32.9 Å². The number of nitrogens with zero attached hydrogens (tertiary/aromatic N) is 1. The smallest absolute Gasteiger partial charge is 0.410 e. The lowest BCUT2D eigenvalue weighted by Crippen LogP contribution is -2.39. The summed E-state index contributed by atoms with van der Waals surface area (Å²) in [7, 11) is 0. The van der Waals surface area contributed by atoms with E-state index in [9.17, 15) is 9.59 Å². The maximum Gasteiger partial charge on any atom is 0.410 e. The van der Waals surface area contributed by atoms with Crippen molar-refractivity contribution in [1.82, 2.24) is 15.5 Å². The molecule has 2 rings (SSSR count). The second-order valence-corrected chi connectivity index (χ2v) is 7.71. The minimum atomic E-state index is -0.380. The van der Waals surface area contributed by atoms with Crippen molar-refractivity contribution in [1.29, 1.82) is 0 Å². The highest BCUT2D eigenvalue weighted by Crippen LogP contribution is 2.27. The molecule has 2 aromatic rings. The molecule has 0 aromatic carbocycles. The van der Waals surface area contributed by atoms with E-state index in [1.807, 2.05) is 48.9 Å². The van der Waals surface area contributed by atoms with Crippen LogP contribution in [-0.2, 0) is 11.3 Å². The average molecular weight is 396 g/mol. The number of carbonyl (C=O) groups excluding carboxylic acids is 2. The van der Waals surface area contributed by atoms with E-state index < -0.39 is 0 Å². The van der Waals surface area contributed by atoms with Crippen LogP contribution in [0.1, 0.15) is 36.1 Å². The Bertz CT molecular complexity index is 659. The standard InChI is InChI=1S/C18H25N3O3S2/c1-3-8-19-17(22)20-9-10-24-18(23)21(13-15-6-4-11-25-15)14(2)16-7-5-12-26-16/h4-7,11-12,14H,3,8-10,13H2,1-2H3,(H2,19,20,22). The summed E-state index contributed by atoms with van der Waals surface area (Å²) in [5, 5.41) is 9.38. The normalized spacial score (nSPS) is 11.6. The van der Waals surface area contributed by atoms with Crippen molar-refractivity contribution in [3.8, 4) is 0 Å². The van der Waals surface area contributed by atoms with Crippen molar-refractivity contribution in [3.63, 3.8) is 0 Å². The van der Waals surface area contributed by atoms with Crippen LogP contribution >= 0.6 is 22.7 Å². The number of thiophene rings is 2. The highest BCUT2D eigenvalue weighted by molar-refractivity contribution is 7.10. The van der Waals surface area contributed by atoms with Crippen molar-refractivity contribution in [3.05, 3.63) is 44.8 Å². The van der Waals surface area contributed by atoms with Gasteiger partial charge in [0, 0.05) is 16.3 Å². The van der Waals surface area contributed by atoms with E-state index in [0.29, 0.717) is 13.1 Å². The number of rotatable bonds is 9. The van der Waals surface area contributed by atoms with E-state index in [-0.39, 0.29) is 31.3 Å². The first kappa shape index (κ1) is 20.3. The Morgan fingerprint density at radius 3 is 2.54 bits per heavy atom. The second-order valence-electron chi connectivity index (χ2n) is 5.70. The highest BCUT2D eigenvalue weighted by Gasteiger charge is 2.24. The largest absolute Gasteiger partial charge is 0.448 e. The van der Waals surface area contributed by atoms with Gasteiger partial charge >= 0.3 is 12.1 Å².